The molecule has 0 saturated heterocycles. The zero-order chi connectivity index (χ0) is 13.8. The summed E-state index contributed by atoms with van der Waals surface area (Å²) in [5, 5.41) is 0.490. The Kier molecular flexibility index (Phi) is 11.0. The average molecular weight is 287 g/mol. The molecule has 0 nitrogen and oxygen atoms in total. The van der Waals surface area contributed by atoms with Crippen LogP contribution in [0.3, 0.4) is 0 Å². The van der Waals surface area contributed by atoms with Crippen LogP contribution in [-0.2, 0) is 0 Å². The van der Waals surface area contributed by atoms with E-state index in [2.05, 4.69) is 6.92 Å². The van der Waals surface area contributed by atoms with E-state index in [9.17, 15) is 0 Å². The Balaban J connectivity index is 1.76. The SMILES string of the molecule is CCCCCCCCCCCCC1CCC(Cl)CC1. The first kappa shape index (κ1) is 17.3. The first-order valence-corrected chi connectivity index (χ1v) is 9.40. The molecular formula is C18H35Cl. The van der Waals surface area contributed by atoms with Crippen molar-refractivity contribution in [1.82, 2.24) is 0 Å². The van der Waals surface area contributed by atoms with Gasteiger partial charge in [-0.2, -0.15) is 0 Å². The normalized spacial score (nSPS) is 23.7. The molecule has 0 spiro atoms. The second kappa shape index (κ2) is 12.1. The highest BCUT2D eigenvalue weighted by Gasteiger charge is 2.18. The highest BCUT2D eigenvalue weighted by molar-refractivity contribution is 6.20. The van der Waals surface area contributed by atoms with Crippen LogP contribution in [0.25, 0.3) is 0 Å². The minimum absolute atomic E-state index is 0.490. The summed E-state index contributed by atoms with van der Waals surface area (Å²) in [6.07, 6.45) is 21.3. The van der Waals surface area contributed by atoms with Gasteiger partial charge in [-0.3, -0.25) is 0 Å². The Labute approximate surface area is 126 Å². The number of hydrogen-bond donors (Lipinski definition) is 0. The maximum atomic E-state index is 6.15. The van der Waals surface area contributed by atoms with Crippen LogP contribution in [0.15, 0.2) is 0 Å². The molecule has 1 aliphatic rings. The molecule has 0 atom stereocenters. The van der Waals surface area contributed by atoms with Crippen LogP contribution in [0.1, 0.15) is 103 Å². The summed E-state index contributed by atoms with van der Waals surface area (Å²) in [6, 6.07) is 0. The van der Waals surface area contributed by atoms with Gasteiger partial charge in [-0.25, -0.2) is 0 Å². The quantitative estimate of drug-likeness (QED) is 0.281. The number of halogens is 1. The van der Waals surface area contributed by atoms with Gasteiger partial charge in [-0.1, -0.05) is 77.6 Å². The van der Waals surface area contributed by atoms with Crippen LogP contribution in [0.4, 0.5) is 0 Å². The van der Waals surface area contributed by atoms with E-state index in [1.54, 1.807) is 0 Å². The van der Waals surface area contributed by atoms with Crippen LogP contribution in [0.5, 0.6) is 0 Å². The van der Waals surface area contributed by atoms with Crippen molar-refractivity contribution in [2.75, 3.05) is 0 Å². The lowest BCUT2D eigenvalue weighted by Crippen LogP contribution is -2.14. The second-order valence-corrected chi connectivity index (χ2v) is 7.21. The van der Waals surface area contributed by atoms with Crippen molar-refractivity contribution >= 4 is 11.6 Å². The maximum absolute atomic E-state index is 6.15. The molecule has 0 radical (unpaired) electrons. The first-order chi connectivity index (χ1) is 9.33. The van der Waals surface area contributed by atoms with Gasteiger partial charge in [0, 0.05) is 5.38 Å². The predicted molar refractivity (Wildman–Crippen MR) is 88.1 cm³/mol. The van der Waals surface area contributed by atoms with Gasteiger partial charge < -0.3 is 0 Å². The molecule has 0 aromatic carbocycles. The van der Waals surface area contributed by atoms with E-state index >= 15 is 0 Å². The molecule has 0 N–H and O–H groups in total. The Morgan fingerprint density at radius 2 is 1.16 bits per heavy atom. The second-order valence-electron chi connectivity index (χ2n) is 6.59. The number of rotatable bonds is 11. The lowest BCUT2D eigenvalue weighted by atomic mass is 9.85. The van der Waals surface area contributed by atoms with E-state index in [4.69, 9.17) is 11.6 Å². The zero-order valence-electron chi connectivity index (χ0n) is 13.1. The van der Waals surface area contributed by atoms with Gasteiger partial charge in [-0.05, 0) is 31.6 Å². The van der Waals surface area contributed by atoms with Gasteiger partial charge in [0.05, 0.1) is 0 Å². The maximum Gasteiger partial charge on any atom is 0.0336 e. The Morgan fingerprint density at radius 1 is 0.684 bits per heavy atom. The lowest BCUT2D eigenvalue weighted by molar-refractivity contribution is 0.331. The van der Waals surface area contributed by atoms with Gasteiger partial charge in [0.25, 0.3) is 0 Å². The van der Waals surface area contributed by atoms with Crippen molar-refractivity contribution in [2.24, 2.45) is 5.92 Å². The summed E-state index contributed by atoms with van der Waals surface area (Å²) >= 11 is 6.15. The van der Waals surface area contributed by atoms with Crippen molar-refractivity contribution in [3.63, 3.8) is 0 Å². The van der Waals surface area contributed by atoms with Gasteiger partial charge >= 0.3 is 0 Å². The standard InChI is InChI=1S/C18H35Cl/c1-2-3-4-5-6-7-8-9-10-11-12-17-13-15-18(19)16-14-17/h17-18H,2-16H2,1H3. The van der Waals surface area contributed by atoms with Gasteiger partial charge in [0.1, 0.15) is 0 Å². The minimum atomic E-state index is 0.490. The fraction of sp³-hybridized carbons (Fsp3) is 1.00. The molecule has 114 valence electrons. The Bertz CT molecular complexity index is 182. The van der Waals surface area contributed by atoms with Crippen LogP contribution in [-0.4, -0.2) is 5.38 Å². The molecule has 0 amide bonds. The van der Waals surface area contributed by atoms with Gasteiger partial charge in [0.2, 0.25) is 0 Å². The van der Waals surface area contributed by atoms with Crippen LogP contribution >= 0.6 is 11.6 Å². The first-order valence-electron chi connectivity index (χ1n) is 8.97. The smallest absolute Gasteiger partial charge is 0.0336 e. The monoisotopic (exact) mass is 286 g/mol. The summed E-state index contributed by atoms with van der Waals surface area (Å²) in [4.78, 5) is 0. The predicted octanol–water partition coefficient (Wildman–Crippen LogP) is 7.10. The average Bonchev–Trinajstić information content (AvgIpc) is 2.43. The number of unbranched alkanes of at least 4 members (excludes halogenated alkanes) is 9. The molecule has 0 unspecified atom stereocenters. The van der Waals surface area contributed by atoms with E-state index < -0.39 is 0 Å². The summed E-state index contributed by atoms with van der Waals surface area (Å²) in [5.74, 6) is 1.00. The van der Waals surface area contributed by atoms with Gasteiger partial charge in [0.15, 0.2) is 0 Å². The zero-order valence-corrected chi connectivity index (χ0v) is 13.9. The summed E-state index contributed by atoms with van der Waals surface area (Å²) < 4.78 is 0. The number of alkyl halides is 1. The Hall–Kier alpha value is 0.290. The molecule has 0 aromatic heterocycles. The largest absolute Gasteiger partial charge is 0.123 e. The summed E-state index contributed by atoms with van der Waals surface area (Å²) in [6.45, 7) is 2.29. The van der Waals surface area contributed by atoms with E-state index in [1.165, 1.54) is 96.3 Å². The summed E-state index contributed by atoms with van der Waals surface area (Å²) in [7, 11) is 0. The molecule has 1 rings (SSSR count). The van der Waals surface area contributed by atoms with Gasteiger partial charge in [-0.15, -0.1) is 11.6 Å². The van der Waals surface area contributed by atoms with E-state index in [1.807, 2.05) is 0 Å². The molecule has 1 aliphatic carbocycles. The van der Waals surface area contributed by atoms with Crippen molar-refractivity contribution < 1.29 is 0 Å². The van der Waals surface area contributed by atoms with E-state index in [0.29, 0.717) is 5.38 Å². The third-order valence-corrected chi connectivity index (χ3v) is 5.18. The molecule has 0 aromatic rings. The van der Waals surface area contributed by atoms with Crippen LogP contribution in [0, 0.1) is 5.92 Å². The molecule has 0 heterocycles. The van der Waals surface area contributed by atoms with Crippen molar-refractivity contribution in [2.45, 2.75) is 109 Å². The highest BCUT2D eigenvalue weighted by Crippen LogP contribution is 2.31. The number of hydrogen-bond acceptors (Lipinski definition) is 0. The fourth-order valence-corrected chi connectivity index (χ4v) is 3.58. The highest BCUT2D eigenvalue weighted by atomic mass is 35.5. The molecular weight excluding hydrogens is 252 g/mol. The van der Waals surface area contributed by atoms with E-state index in [0.717, 1.165) is 5.92 Å². The minimum Gasteiger partial charge on any atom is -0.123 e. The molecule has 0 bridgehead atoms. The van der Waals surface area contributed by atoms with E-state index in [-0.39, 0.29) is 0 Å². The molecule has 0 aliphatic heterocycles. The molecule has 1 heteroatoms. The molecule has 19 heavy (non-hydrogen) atoms. The Morgan fingerprint density at radius 3 is 1.68 bits per heavy atom. The van der Waals surface area contributed by atoms with Crippen molar-refractivity contribution in [1.29, 1.82) is 0 Å². The molecule has 1 fully saturated rings. The third kappa shape index (κ3) is 9.77. The summed E-state index contributed by atoms with van der Waals surface area (Å²) in [5.41, 5.74) is 0. The van der Waals surface area contributed by atoms with Crippen LogP contribution < -0.4 is 0 Å². The topological polar surface area (TPSA) is 0 Å². The fourth-order valence-electron chi connectivity index (χ4n) is 3.33. The third-order valence-electron chi connectivity index (χ3n) is 4.74. The van der Waals surface area contributed by atoms with Crippen LogP contribution in [0.2, 0.25) is 0 Å². The van der Waals surface area contributed by atoms with Crippen molar-refractivity contribution in [3.05, 3.63) is 0 Å². The van der Waals surface area contributed by atoms with Crippen molar-refractivity contribution in [3.8, 4) is 0 Å². The lowest BCUT2D eigenvalue weighted by Gasteiger charge is -2.24. The molecule has 1 saturated carbocycles.